The van der Waals surface area contributed by atoms with Crippen molar-refractivity contribution in [2.45, 2.75) is 45.5 Å². The summed E-state index contributed by atoms with van der Waals surface area (Å²) in [4.78, 5) is 11.5. The molecule has 0 saturated heterocycles. The molecular formula is C16H18F3NO2. The fourth-order valence-corrected chi connectivity index (χ4v) is 1.45. The van der Waals surface area contributed by atoms with Gasteiger partial charge < -0.3 is 10.1 Å². The Morgan fingerprint density at radius 3 is 2.18 bits per heavy atom. The normalized spacial score (nSPS) is 12.9. The van der Waals surface area contributed by atoms with Crippen LogP contribution in [0.5, 0.6) is 0 Å². The molecule has 0 aliphatic carbocycles. The van der Waals surface area contributed by atoms with E-state index in [0.717, 1.165) is 12.1 Å². The van der Waals surface area contributed by atoms with Gasteiger partial charge in [-0.05, 0) is 52.0 Å². The van der Waals surface area contributed by atoms with Crippen molar-refractivity contribution in [1.82, 2.24) is 5.32 Å². The molecule has 0 spiro atoms. The molecule has 1 amide bonds. The molecule has 0 saturated carbocycles. The van der Waals surface area contributed by atoms with E-state index in [4.69, 9.17) is 4.74 Å². The van der Waals surface area contributed by atoms with Crippen molar-refractivity contribution in [1.29, 1.82) is 0 Å². The van der Waals surface area contributed by atoms with Gasteiger partial charge in [0.15, 0.2) is 0 Å². The van der Waals surface area contributed by atoms with Crippen molar-refractivity contribution in [3.63, 3.8) is 0 Å². The SMILES string of the molecule is CC(C#Cc1ccc(C(F)(F)F)cc1)NC(=O)OC(C)(C)C. The van der Waals surface area contributed by atoms with Gasteiger partial charge in [-0.25, -0.2) is 4.79 Å². The summed E-state index contributed by atoms with van der Waals surface area (Å²) >= 11 is 0. The zero-order chi connectivity index (χ0) is 17.0. The summed E-state index contributed by atoms with van der Waals surface area (Å²) in [6.45, 7) is 6.88. The summed E-state index contributed by atoms with van der Waals surface area (Å²) in [5.41, 5.74) is -0.895. The number of alkyl halides is 3. The van der Waals surface area contributed by atoms with E-state index in [-0.39, 0.29) is 0 Å². The van der Waals surface area contributed by atoms with Crippen molar-refractivity contribution < 1.29 is 22.7 Å². The molecule has 1 N–H and O–H groups in total. The summed E-state index contributed by atoms with van der Waals surface area (Å²) in [7, 11) is 0. The second-order valence-corrected chi connectivity index (χ2v) is 5.71. The number of carbonyl (C=O) groups excluding carboxylic acids is 1. The number of alkyl carbamates (subject to hydrolysis) is 1. The van der Waals surface area contributed by atoms with Crippen LogP contribution in [0.25, 0.3) is 0 Å². The first-order valence-electron chi connectivity index (χ1n) is 6.66. The Balaban J connectivity index is 2.64. The van der Waals surface area contributed by atoms with Gasteiger partial charge in [0.05, 0.1) is 11.6 Å². The lowest BCUT2D eigenvalue weighted by Crippen LogP contribution is -2.37. The zero-order valence-electron chi connectivity index (χ0n) is 12.8. The molecule has 22 heavy (non-hydrogen) atoms. The largest absolute Gasteiger partial charge is 0.444 e. The second kappa shape index (κ2) is 6.73. The van der Waals surface area contributed by atoms with Crippen LogP contribution in [0.3, 0.4) is 0 Å². The maximum Gasteiger partial charge on any atom is 0.416 e. The van der Waals surface area contributed by atoms with Crippen LogP contribution in [-0.4, -0.2) is 17.7 Å². The second-order valence-electron chi connectivity index (χ2n) is 5.71. The lowest BCUT2D eigenvalue weighted by molar-refractivity contribution is -0.137. The Bertz CT molecular complexity index is 575. The highest BCUT2D eigenvalue weighted by molar-refractivity contribution is 5.68. The van der Waals surface area contributed by atoms with E-state index < -0.39 is 29.5 Å². The minimum absolute atomic E-state index is 0.436. The molecule has 1 aromatic rings. The highest BCUT2D eigenvalue weighted by Gasteiger charge is 2.29. The van der Waals surface area contributed by atoms with Gasteiger partial charge in [-0.2, -0.15) is 13.2 Å². The minimum atomic E-state index is -4.36. The van der Waals surface area contributed by atoms with E-state index in [2.05, 4.69) is 17.2 Å². The van der Waals surface area contributed by atoms with Crippen LogP contribution in [0.1, 0.15) is 38.8 Å². The van der Waals surface area contributed by atoms with Crippen molar-refractivity contribution in [2.24, 2.45) is 0 Å². The predicted octanol–water partition coefficient (Wildman–Crippen LogP) is 3.97. The van der Waals surface area contributed by atoms with E-state index in [0.29, 0.717) is 5.56 Å². The minimum Gasteiger partial charge on any atom is -0.444 e. The van der Waals surface area contributed by atoms with Crippen LogP contribution in [0.15, 0.2) is 24.3 Å². The summed E-state index contributed by atoms with van der Waals surface area (Å²) in [6.07, 6.45) is -4.96. The van der Waals surface area contributed by atoms with Crippen LogP contribution >= 0.6 is 0 Å². The van der Waals surface area contributed by atoms with Crippen molar-refractivity contribution in [3.8, 4) is 11.8 Å². The molecule has 6 heteroatoms. The number of hydrogen-bond acceptors (Lipinski definition) is 2. The smallest absolute Gasteiger partial charge is 0.416 e. The van der Waals surface area contributed by atoms with Crippen LogP contribution in [-0.2, 0) is 10.9 Å². The van der Waals surface area contributed by atoms with Crippen LogP contribution in [0, 0.1) is 11.8 Å². The maximum atomic E-state index is 12.4. The van der Waals surface area contributed by atoms with Gasteiger partial charge in [-0.15, -0.1) is 0 Å². The quantitative estimate of drug-likeness (QED) is 0.797. The van der Waals surface area contributed by atoms with Gasteiger partial charge in [0.2, 0.25) is 0 Å². The fraction of sp³-hybridized carbons (Fsp3) is 0.438. The number of ether oxygens (including phenoxy) is 1. The third kappa shape index (κ3) is 6.53. The third-order valence-electron chi connectivity index (χ3n) is 2.38. The standard InChI is InChI=1S/C16H18F3NO2/c1-11(20-14(21)22-15(2,3)4)5-6-12-7-9-13(10-8-12)16(17,18)19/h7-11H,1-4H3,(H,20,21). The third-order valence-corrected chi connectivity index (χ3v) is 2.38. The van der Waals surface area contributed by atoms with Crippen LogP contribution in [0.2, 0.25) is 0 Å². The highest BCUT2D eigenvalue weighted by Crippen LogP contribution is 2.28. The summed E-state index contributed by atoms with van der Waals surface area (Å²) in [5, 5.41) is 2.53. The molecule has 0 bridgehead atoms. The van der Waals surface area contributed by atoms with E-state index in [1.54, 1.807) is 27.7 Å². The molecule has 0 heterocycles. The van der Waals surface area contributed by atoms with E-state index in [9.17, 15) is 18.0 Å². The summed E-state index contributed by atoms with van der Waals surface area (Å²) < 4.78 is 42.3. The van der Waals surface area contributed by atoms with E-state index >= 15 is 0 Å². The Morgan fingerprint density at radius 1 is 1.18 bits per heavy atom. The number of amides is 1. The molecule has 0 aliphatic heterocycles. The first kappa shape index (κ1) is 17.9. The fourth-order valence-electron chi connectivity index (χ4n) is 1.45. The Hall–Kier alpha value is -2.16. The molecule has 1 rings (SSSR count). The van der Waals surface area contributed by atoms with Crippen molar-refractivity contribution >= 4 is 6.09 Å². The average molecular weight is 313 g/mol. The zero-order valence-corrected chi connectivity index (χ0v) is 12.8. The summed E-state index contributed by atoms with van der Waals surface area (Å²) in [6, 6.07) is 4.02. The van der Waals surface area contributed by atoms with E-state index in [1.807, 2.05) is 0 Å². The lowest BCUT2D eigenvalue weighted by atomic mass is 10.1. The molecule has 1 aromatic carbocycles. The van der Waals surface area contributed by atoms with Gasteiger partial charge >= 0.3 is 12.3 Å². The predicted molar refractivity (Wildman–Crippen MR) is 77.2 cm³/mol. The molecule has 120 valence electrons. The van der Waals surface area contributed by atoms with Gasteiger partial charge in [-0.3, -0.25) is 0 Å². The first-order chi connectivity index (χ1) is 9.97. The van der Waals surface area contributed by atoms with E-state index in [1.165, 1.54) is 12.1 Å². The van der Waals surface area contributed by atoms with Crippen molar-refractivity contribution in [3.05, 3.63) is 35.4 Å². The lowest BCUT2D eigenvalue weighted by Gasteiger charge is -2.20. The van der Waals surface area contributed by atoms with Gasteiger partial charge in [0.25, 0.3) is 0 Å². The van der Waals surface area contributed by atoms with Crippen molar-refractivity contribution in [2.75, 3.05) is 0 Å². The van der Waals surface area contributed by atoms with Crippen LogP contribution in [0.4, 0.5) is 18.0 Å². The van der Waals surface area contributed by atoms with Gasteiger partial charge in [0.1, 0.15) is 5.60 Å². The molecule has 3 nitrogen and oxygen atoms in total. The van der Waals surface area contributed by atoms with Crippen LogP contribution < -0.4 is 5.32 Å². The monoisotopic (exact) mass is 313 g/mol. The molecule has 0 aliphatic rings. The molecule has 0 aromatic heterocycles. The molecule has 1 unspecified atom stereocenters. The Labute approximate surface area is 127 Å². The molecule has 1 atom stereocenters. The number of nitrogens with one attached hydrogen (secondary N) is 1. The Morgan fingerprint density at radius 2 is 1.73 bits per heavy atom. The molecule has 0 radical (unpaired) electrons. The number of carbonyl (C=O) groups is 1. The van der Waals surface area contributed by atoms with Gasteiger partial charge in [0, 0.05) is 5.56 Å². The number of halogens is 3. The average Bonchev–Trinajstić information content (AvgIpc) is 2.33. The number of benzene rings is 1. The Kier molecular flexibility index (Phi) is 5.48. The number of hydrogen-bond donors (Lipinski definition) is 1. The molecule has 0 fully saturated rings. The first-order valence-corrected chi connectivity index (χ1v) is 6.66. The highest BCUT2D eigenvalue weighted by atomic mass is 19.4. The molecular weight excluding hydrogens is 295 g/mol. The summed E-state index contributed by atoms with van der Waals surface area (Å²) in [5.74, 6) is 5.43. The maximum absolute atomic E-state index is 12.4. The number of rotatable bonds is 1. The van der Waals surface area contributed by atoms with Gasteiger partial charge in [-0.1, -0.05) is 11.8 Å². The topological polar surface area (TPSA) is 38.3 Å².